The van der Waals surface area contributed by atoms with E-state index >= 15 is 0 Å². The number of hydrogen-bond acceptors (Lipinski definition) is 4. The number of aliphatic imine (C=N–C) groups is 1. The van der Waals surface area contributed by atoms with Crippen molar-refractivity contribution >= 4 is 15.9 Å². The number of benzene rings is 2. The molecule has 0 saturated carbocycles. The minimum absolute atomic E-state index is 0.159. The molecule has 21 heavy (non-hydrogen) atoms. The molecule has 5 nitrogen and oxygen atoms in total. The molecule has 1 aliphatic rings. The molecule has 0 bridgehead atoms. The van der Waals surface area contributed by atoms with Crippen LogP contribution < -0.4 is 4.72 Å². The number of phenolic OH excluding ortho intramolecular Hbond substituents is 1. The van der Waals surface area contributed by atoms with Crippen LogP contribution in [-0.4, -0.2) is 19.4 Å². The number of sulfonamides is 1. The number of nitrogens with one attached hydrogen (secondary N) is 1. The maximum Gasteiger partial charge on any atom is 0.263 e. The second-order valence-corrected chi connectivity index (χ2v) is 6.50. The van der Waals surface area contributed by atoms with Crippen molar-refractivity contribution in [2.24, 2.45) is 4.99 Å². The average molecular weight is 302 g/mol. The van der Waals surface area contributed by atoms with Gasteiger partial charge >= 0.3 is 0 Å². The predicted molar refractivity (Wildman–Crippen MR) is 79.8 cm³/mol. The molecule has 3 rings (SSSR count). The van der Waals surface area contributed by atoms with E-state index < -0.39 is 10.0 Å². The van der Waals surface area contributed by atoms with Crippen molar-refractivity contribution in [1.82, 2.24) is 4.72 Å². The van der Waals surface area contributed by atoms with Gasteiger partial charge in [-0.2, -0.15) is 0 Å². The van der Waals surface area contributed by atoms with Crippen LogP contribution in [0.3, 0.4) is 0 Å². The molecule has 0 aliphatic carbocycles. The number of hydrogen-bond donors (Lipinski definition) is 2. The lowest BCUT2D eigenvalue weighted by atomic mass is 10.1. The summed E-state index contributed by atoms with van der Waals surface area (Å²) in [4.78, 5) is 4.68. The Bertz CT molecular complexity index is 828. The molecule has 0 aromatic heterocycles. The van der Waals surface area contributed by atoms with E-state index in [9.17, 15) is 13.5 Å². The van der Waals surface area contributed by atoms with Gasteiger partial charge in [-0.05, 0) is 36.8 Å². The first-order valence-corrected chi connectivity index (χ1v) is 7.94. The van der Waals surface area contributed by atoms with E-state index in [4.69, 9.17) is 0 Å². The highest BCUT2D eigenvalue weighted by Crippen LogP contribution is 2.26. The zero-order valence-corrected chi connectivity index (χ0v) is 12.1. The van der Waals surface area contributed by atoms with Gasteiger partial charge in [0.25, 0.3) is 10.0 Å². The normalized spacial score (nSPS) is 19.0. The zero-order valence-electron chi connectivity index (χ0n) is 11.3. The Morgan fingerprint density at radius 3 is 2.67 bits per heavy atom. The van der Waals surface area contributed by atoms with Crippen LogP contribution in [0.4, 0.5) is 0 Å². The summed E-state index contributed by atoms with van der Waals surface area (Å²) in [6, 6.07) is 13.2. The highest BCUT2D eigenvalue weighted by Gasteiger charge is 2.30. The third-order valence-electron chi connectivity index (χ3n) is 3.34. The monoisotopic (exact) mass is 302 g/mol. The summed E-state index contributed by atoms with van der Waals surface area (Å²) >= 11 is 0. The van der Waals surface area contributed by atoms with Crippen LogP contribution in [0, 0.1) is 0 Å². The molecule has 1 atom stereocenters. The largest absolute Gasteiger partial charge is 0.508 e. The van der Waals surface area contributed by atoms with Crippen molar-refractivity contribution in [2.75, 3.05) is 0 Å². The number of aromatic hydroxyl groups is 1. The van der Waals surface area contributed by atoms with Gasteiger partial charge in [0.1, 0.15) is 11.6 Å². The van der Waals surface area contributed by atoms with E-state index in [1.54, 1.807) is 42.5 Å². The van der Waals surface area contributed by atoms with E-state index in [1.807, 2.05) is 13.0 Å². The van der Waals surface area contributed by atoms with Crippen LogP contribution in [0.1, 0.15) is 24.1 Å². The van der Waals surface area contributed by atoms with Crippen LogP contribution in [0.5, 0.6) is 5.75 Å². The first kappa shape index (κ1) is 13.6. The van der Waals surface area contributed by atoms with Gasteiger partial charge in [-0.25, -0.2) is 8.42 Å². The van der Waals surface area contributed by atoms with Gasteiger partial charge in [0.05, 0.1) is 10.9 Å². The van der Waals surface area contributed by atoms with Gasteiger partial charge in [0.2, 0.25) is 0 Å². The molecule has 0 saturated heterocycles. The van der Waals surface area contributed by atoms with Gasteiger partial charge < -0.3 is 5.11 Å². The second-order valence-electron chi connectivity index (χ2n) is 4.85. The van der Waals surface area contributed by atoms with Crippen molar-refractivity contribution in [3.8, 4) is 5.75 Å². The molecule has 0 fully saturated rings. The van der Waals surface area contributed by atoms with Crippen molar-refractivity contribution in [2.45, 2.75) is 17.9 Å². The predicted octanol–water partition coefficient (Wildman–Crippen LogP) is 2.19. The summed E-state index contributed by atoms with van der Waals surface area (Å²) in [6.07, 6.45) is 0. The first-order chi connectivity index (χ1) is 9.97. The highest BCUT2D eigenvalue weighted by atomic mass is 32.2. The lowest BCUT2D eigenvalue weighted by Gasteiger charge is -2.09. The molecule has 2 aromatic rings. The first-order valence-electron chi connectivity index (χ1n) is 6.46. The molecule has 1 aliphatic heterocycles. The standard InChI is InChI=1S/C15H14N2O3S/c1-10(11-5-4-6-12(18)9-11)16-15-13-7-2-3-8-14(13)21(19,20)17-15/h2-10,18H,1H3,(H,16,17)/t10-/m0/s1. The van der Waals surface area contributed by atoms with Gasteiger partial charge in [-0.3, -0.25) is 9.71 Å². The van der Waals surface area contributed by atoms with Crippen LogP contribution in [0.25, 0.3) is 0 Å². The Morgan fingerprint density at radius 1 is 1.14 bits per heavy atom. The third kappa shape index (κ3) is 2.50. The number of fused-ring (bicyclic) bond motifs is 1. The van der Waals surface area contributed by atoms with Crippen molar-refractivity contribution < 1.29 is 13.5 Å². The van der Waals surface area contributed by atoms with E-state index in [0.29, 0.717) is 11.4 Å². The minimum Gasteiger partial charge on any atom is -0.508 e. The summed E-state index contributed by atoms with van der Waals surface area (Å²) in [7, 11) is -3.52. The lowest BCUT2D eigenvalue weighted by Crippen LogP contribution is -2.22. The van der Waals surface area contributed by atoms with Crippen molar-refractivity contribution in [3.05, 3.63) is 59.7 Å². The third-order valence-corrected chi connectivity index (χ3v) is 4.74. The van der Waals surface area contributed by atoms with Gasteiger partial charge in [0, 0.05) is 5.56 Å². The fourth-order valence-corrected chi connectivity index (χ4v) is 3.52. The van der Waals surface area contributed by atoms with Crippen molar-refractivity contribution in [1.29, 1.82) is 0 Å². The summed E-state index contributed by atoms with van der Waals surface area (Å²) < 4.78 is 26.5. The number of phenols is 1. The fourth-order valence-electron chi connectivity index (χ4n) is 2.28. The van der Waals surface area contributed by atoms with E-state index in [0.717, 1.165) is 5.56 Å². The van der Waals surface area contributed by atoms with E-state index in [1.165, 1.54) is 0 Å². The lowest BCUT2D eigenvalue weighted by molar-refractivity contribution is 0.474. The number of nitrogens with zero attached hydrogens (tertiary/aromatic N) is 1. The maximum absolute atomic E-state index is 12.0. The van der Waals surface area contributed by atoms with E-state index in [2.05, 4.69) is 9.71 Å². The average Bonchev–Trinajstić information content (AvgIpc) is 2.71. The number of amidine groups is 1. The van der Waals surface area contributed by atoms with Crippen LogP contribution in [0.15, 0.2) is 58.4 Å². The van der Waals surface area contributed by atoms with Crippen molar-refractivity contribution in [3.63, 3.8) is 0 Å². The summed E-state index contributed by atoms with van der Waals surface area (Å²) in [5, 5.41) is 9.50. The molecule has 108 valence electrons. The van der Waals surface area contributed by atoms with Gasteiger partial charge in [-0.1, -0.05) is 24.3 Å². The zero-order chi connectivity index (χ0) is 15.0. The molecule has 6 heteroatoms. The van der Waals surface area contributed by atoms with Crippen LogP contribution in [0.2, 0.25) is 0 Å². The smallest absolute Gasteiger partial charge is 0.263 e. The SMILES string of the molecule is C[C@H](N=C1NS(=O)(=O)c2ccccc21)c1cccc(O)c1. The van der Waals surface area contributed by atoms with Crippen LogP contribution in [-0.2, 0) is 10.0 Å². The summed E-state index contributed by atoms with van der Waals surface area (Å²) in [5.41, 5.74) is 1.38. The van der Waals surface area contributed by atoms with E-state index in [-0.39, 0.29) is 16.7 Å². The quantitative estimate of drug-likeness (QED) is 0.892. The number of rotatable bonds is 2. The molecule has 2 aromatic carbocycles. The highest BCUT2D eigenvalue weighted by molar-refractivity contribution is 7.90. The second kappa shape index (κ2) is 4.89. The Morgan fingerprint density at radius 2 is 1.90 bits per heavy atom. The minimum atomic E-state index is -3.52. The Labute approximate surface area is 123 Å². The molecule has 0 radical (unpaired) electrons. The molecule has 0 spiro atoms. The molecule has 0 amide bonds. The molecular formula is C15H14N2O3S. The molecule has 0 unspecified atom stereocenters. The van der Waals surface area contributed by atoms with Gasteiger partial charge in [0.15, 0.2) is 0 Å². The maximum atomic E-state index is 12.0. The Kier molecular flexibility index (Phi) is 3.17. The van der Waals surface area contributed by atoms with Crippen LogP contribution >= 0.6 is 0 Å². The molecule has 1 heterocycles. The molecule has 2 N–H and O–H groups in total. The fraction of sp³-hybridized carbons (Fsp3) is 0.133. The Hall–Kier alpha value is -2.34. The summed E-state index contributed by atoms with van der Waals surface area (Å²) in [6.45, 7) is 1.84. The summed E-state index contributed by atoms with van der Waals surface area (Å²) in [5.74, 6) is 0.494. The Balaban J connectivity index is 2.02. The van der Waals surface area contributed by atoms with Gasteiger partial charge in [-0.15, -0.1) is 0 Å². The molecular weight excluding hydrogens is 288 g/mol. The topological polar surface area (TPSA) is 78.8 Å².